The average molecular weight is 206 g/mol. The van der Waals surface area contributed by atoms with Crippen molar-refractivity contribution < 1.29 is 4.79 Å². The fourth-order valence-corrected chi connectivity index (χ4v) is 6.45. The van der Waals surface area contributed by atoms with E-state index in [2.05, 4.69) is 0 Å². The van der Waals surface area contributed by atoms with E-state index in [0.717, 1.165) is 6.17 Å². The molecule has 0 spiro atoms. The van der Waals surface area contributed by atoms with Crippen LogP contribution in [0, 0.1) is 0 Å². The van der Waals surface area contributed by atoms with Crippen LogP contribution in [0.15, 0.2) is 0 Å². The highest BCUT2D eigenvalue weighted by atomic mass is 35.6. The van der Waals surface area contributed by atoms with E-state index in [4.69, 9.17) is 11.1 Å². The van der Waals surface area contributed by atoms with Gasteiger partial charge in [-0.05, 0) is 12.1 Å². The van der Waals surface area contributed by atoms with Crippen LogP contribution in [0.5, 0.6) is 0 Å². The first-order valence-electron chi connectivity index (χ1n) is 4.44. The first kappa shape index (κ1) is 10.1. The molecule has 12 heavy (non-hydrogen) atoms. The normalized spacial score (nSPS) is 20.9. The van der Waals surface area contributed by atoms with Crippen LogP contribution in [0.25, 0.3) is 0 Å². The van der Waals surface area contributed by atoms with E-state index in [1.165, 1.54) is 24.9 Å². The molecule has 1 aliphatic rings. The van der Waals surface area contributed by atoms with E-state index >= 15 is 0 Å². The first-order chi connectivity index (χ1) is 5.53. The fourth-order valence-electron chi connectivity index (χ4n) is 1.70. The molecule has 1 rings (SSSR count). The van der Waals surface area contributed by atoms with Gasteiger partial charge in [0, 0.05) is 20.1 Å². The van der Waals surface area contributed by atoms with Crippen molar-refractivity contribution in [2.75, 3.05) is 13.2 Å². The third-order valence-electron chi connectivity index (χ3n) is 2.56. The molecule has 0 N–H and O–H groups in total. The Hall–Kier alpha value is -0.0231. The Morgan fingerprint density at radius 2 is 2.00 bits per heavy atom. The molecule has 0 aromatic heterocycles. The number of nitrogens with zero attached hydrogens (tertiary/aromatic N) is 1. The molecule has 0 aliphatic carbocycles. The molecule has 0 atom stereocenters. The molecule has 0 aromatic carbocycles. The summed E-state index contributed by atoms with van der Waals surface area (Å²) in [6, 6.07) is 2.37. The summed E-state index contributed by atoms with van der Waals surface area (Å²) in [7, 11) is 0.310. The van der Waals surface area contributed by atoms with Gasteiger partial charge < -0.3 is 4.90 Å². The van der Waals surface area contributed by atoms with E-state index in [9.17, 15) is 4.79 Å². The minimum absolute atomic E-state index is 0.134. The number of hydrogen-bond acceptors (Lipinski definition) is 1. The van der Waals surface area contributed by atoms with Crippen molar-refractivity contribution in [1.29, 1.82) is 0 Å². The molecular formula is C8H16ClNOSi. The van der Waals surface area contributed by atoms with Crippen LogP contribution in [0.2, 0.25) is 12.1 Å². The number of carbonyl (C=O) groups is 1. The molecule has 1 saturated heterocycles. The monoisotopic (exact) mass is 205 g/mol. The Bertz CT molecular complexity index is 180. The van der Waals surface area contributed by atoms with Crippen LogP contribution in [-0.2, 0) is 4.79 Å². The summed E-state index contributed by atoms with van der Waals surface area (Å²) in [6.45, 7) is 1.60. The number of carbonyl (C=O) groups excluding carboxylic acids is 1. The molecule has 0 aromatic rings. The maximum absolute atomic E-state index is 11.0. The maximum Gasteiger partial charge on any atom is 0.218 e. The average Bonchev–Trinajstić information content (AvgIpc) is 2.35. The minimum Gasteiger partial charge on any atom is -0.347 e. The molecule has 4 heteroatoms. The zero-order chi connectivity index (χ0) is 9.19. The van der Waals surface area contributed by atoms with Crippen LogP contribution in [0.1, 0.15) is 19.8 Å². The summed E-state index contributed by atoms with van der Waals surface area (Å²) < 4.78 is 0. The molecule has 1 fully saturated rings. The van der Waals surface area contributed by atoms with Crippen molar-refractivity contribution in [2.24, 2.45) is 0 Å². The molecule has 0 saturated carbocycles. The fraction of sp³-hybridized carbons (Fsp3) is 0.875. The molecule has 1 heterocycles. The Balaban J connectivity index is 2.43. The van der Waals surface area contributed by atoms with Gasteiger partial charge in [-0.15, -0.1) is 0 Å². The lowest BCUT2D eigenvalue weighted by Gasteiger charge is -2.24. The quantitative estimate of drug-likeness (QED) is 0.499. The second-order valence-electron chi connectivity index (χ2n) is 3.73. The number of rotatable bonds is 2. The van der Waals surface area contributed by atoms with Gasteiger partial charge in [0.15, 0.2) is 7.38 Å². The number of amides is 1. The zero-order valence-electron chi connectivity index (χ0n) is 7.77. The second-order valence-corrected chi connectivity index (χ2v) is 9.76. The third-order valence-corrected chi connectivity index (χ3v) is 7.59. The van der Waals surface area contributed by atoms with Gasteiger partial charge in [-0.1, -0.05) is 12.8 Å². The largest absolute Gasteiger partial charge is 0.347 e. The van der Waals surface area contributed by atoms with Gasteiger partial charge in [0.05, 0.1) is 0 Å². The van der Waals surface area contributed by atoms with Crippen molar-refractivity contribution >= 4 is 24.4 Å². The molecule has 0 bridgehead atoms. The van der Waals surface area contributed by atoms with Crippen LogP contribution in [0.4, 0.5) is 0 Å². The van der Waals surface area contributed by atoms with E-state index in [-0.39, 0.29) is 5.91 Å². The Kier molecular flexibility index (Phi) is 3.18. The standard InChI is InChI=1S/C8H16ClNOSi/c1-8(11)10(2)7-12(9)5-3-4-6-12/h3-7H2,1-2H3. The molecule has 70 valence electrons. The van der Waals surface area contributed by atoms with Gasteiger partial charge in [0.25, 0.3) is 0 Å². The SMILES string of the molecule is CC(=O)N(C)C[Si]1(Cl)CCCC1. The molecule has 2 nitrogen and oxygen atoms in total. The minimum atomic E-state index is -1.53. The molecule has 1 amide bonds. The maximum atomic E-state index is 11.0. The second kappa shape index (κ2) is 3.79. The van der Waals surface area contributed by atoms with Gasteiger partial charge in [-0.3, -0.25) is 4.79 Å². The summed E-state index contributed by atoms with van der Waals surface area (Å²) in [5, 5.41) is 0. The smallest absolute Gasteiger partial charge is 0.218 e. The van der Waals surface area contributed by atoms with Crippen molar-refractivity contribution in [3.8, 4) is 0 Å². The van der Waals surface area contributed by atoms with E-state index < -0.39 is 7.38 Å². The van der Waals surface area contributed by atoms with Crippen LogP contribution >= 0.6 is 11.1 Å². The summed E-state index contributed by atoms with van der Waals surface area (Å²) in [4.78, 5) is 12.7. The van der Waals surface area contributed by atoms with Crippen molar-refractivity contribution in [3.63, 3.8) is 0 Å². The highest BCUT2D eigenvalue weighted by molar-refractivity contribution is 7.20. The Morgan fingerprint density at radius 1 is 1.50 bits per heavy atom. The lowest BCUT2D eigenvalue weighted by molar-refractivity contribution is -0.126. The van der Waals surface area contributed by atoms with Crippen molar-refractivity contribution in [2.45, 2.75) is 31.9 Å². The van der Waals surface area contributed by atoms with Crippen molar-refractivity contribution in [3.05, 3.63) is 0 Å². The summed E-state index contributed by atoms with van der Waals surface area (Å²) in [5.41, 5.74) is 0. The molecule has 0 radical (unpaired) electrons. The van der Waals surface area contributed by atoms with Gasteiger partial charge >= 0.3 is 0 Å². The predicted molar refractivity (Wildman–Crippen MR) is 53.8 cm³/mol. The van der Waals surface area contributed by atoms with Crippen LogP contribution < -0.4 is 0 Å². The van der Waals surface area contributed by atoms with Crippen molar-refractivity contribution in [1.82, 2.24) is 4.90 Å². The van der Waals surface area contributed by atoms with Gasteiger partial charge in [-0.2, -0.15) is 11.1 Å². The highest BCUT2D eigenvalue weighted by Gasteiger charge is 2.36. The first-order valence-corrected chi connectivity index (χ1v) is 8.07. The van der Waals surface area contributed by atoms with E-state index in [1.54, 1.807) is 11.8 Å². The van der Waals surface area contributed by atoms with E-state index in [1.807, 2.05) is 7.05 Å². The summed E-state index contributed by atoms with van der Waals surface area (Å²) >= 11 is 6.45. The third kappa shape index (κ3) is 2.49. The molecular weight excluding hydrogens is 190 g/mol. The van der Waals surface area contributed by atoms with Gasteiger partial charge in [0.1, 0.15) is 0 Å². The Morgan fingerprint density at radius 3 is 2.42 bits per heavy atom. The lowest BCUT2D eigenvalue weighted by atomic mass is 10.4. The van der Waals surface area contributed by atoms with Gasteiger partial charge in [-0.25, -0.2) is 0 Å². The topological polar surface area (TPSA) is 20.3 Å². The van der Waals surface area contributed by atoms with Crippen LogP contribution in [0.3, 0.4) is 0 Å². The number of halogens is 1. The number of hydrogen-bond donors (Lipinski definition) is 0. The highest BCUT2D eigenvalue weighted by Crippen LogP contribution is 2.33. The molecule has 0 unspecified atom stereocenters. The lowest BCUT2D eigenvalue weighted by Crippen LogP contribution is -2.41. The van der Waals surface area contributed by atoms with E-state index in [0.29, 0.717) is 0 Å². The summed E-state index contributed by atoms with van der Waals surface area (Å²) in [5.74, 6) is 0.134. The zero-order valence-corrected chi connectivity index (χ0v) is 9.52. The van der Waals surface area contributed by atoms with Crippen LogP contribution in [-0.4, -0.2) is 31.4 Å². The Labute approximate surface area is 79.6 Å². The molecule has 1 aliphatic heterocycles. The summed E-state index contributed by atoms with van der Waals surface area (Å²) in [6.07, 6.45) is 3.37. The predicted octanol–water partition coefficient (Wildman–Crippen LogP) is 1.98. The van der Waals surface area contributed by atoms with Gasteiger partial charge in [0.2, 0.25) is 5.91 Å².